The molecule has 8 aromatic heterocycles. The number of carbonyl (C=O) groups is 8. The molecule has 0 bridgehead atoms. The highest BCUT2D eigenvalue weighted by atomic mass is 16.6. The van der Waals surface area contributed by atoms with Crippen LogP contribution < -0.4 is 63.1 Å². The average molecular weight is 1910 g/mol. The van der Waals surface area contributed by atoms with E-state index < -0.39 is 190 Å². The number of carbonyl (C=O) groups excluding carboxylic acids is 8. The second-order valence-corrected chi connectivity index (χ2v) is 33.6. The Hall–Kier alpha value is -12.0. The van der Waals surface area contributed by atoms with E-state index in [1.807, 2.05) is 30.3 Å². The number of unbranched alkanes of at least 4 members (excludes halogenated alkanes) is 13. The van der Waals surface area contributed by atoms with Gasteiger partial charge in [-0.05, 0) is 58.9 Å². The summed E-state index contributed by atoms with van der Waals surface area (Å²) in [6, 6.07) is 6.39. The van der Waals surface area contributed by atoms with Crippen LogP contribution >= 0.6 is 0 Å². The minimum absolute atomic E-state index is 0.00702. The lowest BCUT2D eigenvalue weighted by molar-refractivity contribution is -0.153. The summed E-state index contributed by atoms with van der Waals surface area (Å²) >= 11 is 0. The molecular weight excluding hydrogens is 1780 g/mol. The van der Waals surface area contributed by atoms with Crippen LogP contribution in [-0.2, 0) is 68.2 Å². The first-order chi connectivity index (χ1) is 66.0. The van der Waals surface area contributed by atoms with Gasteiger partial charge in [-0.2, -0.15) is 0 Å². The maximum atomic E-state index is 12.4. The molecule has 136 heavy (non-hydrogen) atoms. The number of esters is 4. The fraction of sp³-hybridized carbons (Fsp3) is 0.568. The zero-order valence-electron chi connectivity index (χ0n) is 80.7. The Morgan fingerprint density at radius 1 is 0.397 bits per heavy atom. The number of ether oxygens (including phenoxy) is 9. The first-order valence-electron chi connectivity index (χ1n) is 46.5. The van der Waals surface area contributed by atoms with Crippen LogP contribution in [0.25, 0.3) is 44.1 Å². The predicted molar refractivity (Wildman–Crippen MR) is 489 cm³/mol. The normalized spacial score (nSPS) is 25.7. The molecule has 30 N–H and O–H groups in total. The molecule has 4 amide bonds. The first kappa shape index (κ1) is 100.0. The van der Waals surface area contributed by atoms with Crippen LogP contribution in [-0.4, -0.2) is 278 Å². The number of primary amides is 4. The van der Waals surface area contributed by atoms with E-state index in [2.05, 4.69) is 46.8 Å². The SMILES string of the molecule is [2H]C1(n2cc(C(N)=O)c3c(N)nc(C)nc32)OC(COC(=O)CCOCCCCCCCCCCCCCCCC)C(O)C1O.[2H]C1(n2cc(C(N)=O)c3c(N)nc(C)nc32)OC(COC(=O)[C@@H](N)C(C)C)C(O)C1O.[2H]C1(n2cc(C(N)=O)c3c(N)nc(C)nc32)OC(COC(=O)[C@@H](N)Cc2ccccc2)C(O)C1O.[2H]C1(n2cc(C(N)=O)c3c(N)nc(C)nc32)OC(COC(=O)[C@H](C)N)C(O)C1O. The molecule has 48 heteroatoms. The Bertz CT molecular complexity index is 5900. The number of aliphatic hydroxyl groups excluding tert-OH is 8. The van der Waals surface area contributed by atoms with E-state index in [0.717, 1.165) is 55.3 Å². The monoisotopic (exact) mass is 1910 g/mol. The van der Waals surface area contributed by atoms with Crippen molar-refractivity contribution in [1.29, 1.82) is 0 Å². The van der Waals surface area contributed by atoms with Crippen molar-refractivity contribution in [3.8, 4) is 0 Å². The number of nitrogens with two attached hydrogens (primary N) is 11. The molecule has 4 saturated heterocycles. The zero-order chi connectivity index (χ0) is 103. The van der Waals surface area contributed by atoms with Gasteiger partial charge in [-0.25, -0.2) is 39.9 Å². The number of amides is 4. The molecule has 12 heterocycles. The topological polar surface area (TPSA) is 791 Å². The molecule has 4 fully saturated rings. The zero-order valence-corrected chi connectivity index (χ0v) is 76.7. The highest BCUT2D eigenvalue weighted by Crippen LogP contribution is 2.41. The van der Waals surface area contributed by atoms with Crippen LogP contribution in [0.1, 0.15) is 225 Å². The Balaban J connectivity index is 0.000000195. The fourth-order valence-corrected chi connectivity index (χ4v) is 15.3. The molecule has 0 aliphatic carbocycles. The maximum absolute atomic E-state index is 12.4. The van der Waals surface area contributed by atoms with Gasteiger partial charge in [-0.15, -0.1) is 0 Å². The van der Waals surface area contributed by atoms with E-state index in [0.29, 0.717) is 6.61 Å². The molecule has 19 atom stereocenters. The van der Waals surface area contributed by atoms with Gasteiger partial charge in [-0.1, -0.05) is 135 Å². The van der Waals surface area contributed by atoms with E-state index in [9.17, 15) is 79.2 Å². The molecule has 0 saturated carbocycles. The van der Waals surface area contributed by atoms with Crippen molar-refractivity contribution in [1.82, 2.24) is 58.1 Å². The van der Waals surface area contributed by atoms with Crippen LogP contribution in [0, 0.1) is 33.6 Å². The van der Waals surface area contributed by atoms with Gasteiger partial charge in [0.05, 0.1) is 62.3 Å². The molecule has 9 aromatic rings. The minimum Gasteiger partial charge on any atom is -0.463 e. The molecule has 13 rings (SSSR count). The van der Waals surface area contributed by atoms with Gasteiger partial charge in [0.15, 0.2) is 24.8 Å². The number of nitrogen functional groups attached to an aromatic ring is 4. The lowest BCUT2D eigenvalue weighted by Crippen LogP contribution is -2.40. The molecule has 4 aliphatic rings. The Labute approximate surface area is 786 Å². The van der Waals surface area contributed by atoms with E-state index in [-0.39, 0.29) is 138 Å². The van der Waals surface area contributed by atoms with Gasteiger partial charge >= 0.3 is 23.9 Å². The molecule has 1 aromatic carbocycles. The van der Waals surface area contributed by atoms with Gasteiger partial charge in [0.25, 0.3) is 23.6 Å². The van der Waals surface area contributed by atoms with E-state index in [4.69, 9.17) is 111 Å². The lowest BCUT2D eigenvalue weighted by Gasteiger charge is -2.18. The standard InChI is InChI=1S/C32H53N5O7.C22H26N6O6.C18H26N6O6.C16H22N6O6/c1-3-4-5-6-7-8-9-10-11-12-13-14-15-16-18-42-19-17-25(38)43-21-24-27(39)28(40)32(44-24)37-20-23(30(34)41)26-29(33)35-22(2)36-31(26)37;1-10-26-18(24)15-12(19(25)31)8-28(20(15)27-10)21-17(30)16(29)14(34-21)9-33-22(32)13(23)7-11-5-3-2-4-6-11;1-6(2)11(19)18(28)29-5-9-12(25)13(26)17(30-9)24-4-8(15(21)27)10-14(20)22-7(3)23-16(10)24;1-5(17)16(26)27-4-8-10(23)11(24)15(28-8)22-3-7(13(19)25)9-12(18)20-6(2)21-14(9)22/h20,24,27-28,32,39-40H,3-19,21H2,1-2H3,(H2,34,41)(H2,33,35,36);2-6,8,13-14,16-17,21,29-30H,7,9,23H2,1H3,(H2,25,31)(H2,24,26,27);4,6,9,11-13,17,25-26H,5,19H2,1-3H3,(H2,21,27)(H2,20,22,23);3,5,8,10-11,15,23-24H,4,17H2,1-2H3,(H2,19,25)(H2,18,20,21)/t;13-,14?,16?,17?,21?;9?,11-,12?,13?,17?;5-,8?,10?,11?,15?/m.000/s1/i32D;21D;17D;15D. The maximum Gasteiger partial charge on any atom is 0.323 e. The number of hydrogen-bond acceptors (Lipinski definition) is 40. The number of aryl methyl sites for hydroxylation is 4. The van der Waals surface area contributed by atoms with Gasteiger partial charge in [-0.3, -0.25) is 38.4 Å². The number of hydrogen-bond donors (Lipinski definition) is 19. The van der Waals surface area contributed by atoms with Crippen LogP contribution in [0.4, 0.5) is 23.3 Å². The highest BCUT2D eigenvalue weighted by Gasteiger charge is 2.50. The van der Waals surface area contributed by atoms with Crippen LogP contribution in [0.5, 0.6) is 0 Å². The molecule has 0 spiro atoms. The van der Waals surface area contributed by atoms with Crippen LogP contribution in [0.2, 0.25) is 0 Å². The van der Waals surface area contributed by atoms with Crippen LogP contribution in [0.15, 0.2) is 55.1 Å². The molecule has 0 radical (unpaired) electrons. The van der Waals surface area contributed by atoms with Crippen molar-refractivity contribution >= 4 is 115 Å². The number of fused-ring (bicyclic) bond motifs is 4. The molecular formula is C88H127N23O25. The van der Waals surface area contributed by atoms with Crippen molar-refractivity contribution in [2.75, 3.05) is 62.6 Å². The third kappa shape index (κ3) is 25.8. The largest absolute Gasteiger partial charge is 0.463 e. The number of aliphatic hydroxyl groups is 8. The third-order valence-electron chi connectivity index (χ3n) is 22.7. The van der Waals surface area contributed by atoms with Gasteiger partial charge in [0.2, 0.25) is 0 Å². The quantitative estimate of drug-likeness (QED) is 0.0138. The molecule has 4 aliphatic heterocycles. The molecule has 48 nitrogen and oxygen atoms in total. The Morgan fingerprint density at radius 3 is 0.978 bits per heavy atom. The van der Waals surface area contributed by atoms with Crippen molar-refractivity contribution in [3.05, 3.63) is 106 Å². The summed E-state index contributed by atoms with van der Waals surface area (Å²) in [4.78, 5) is 129. The average Bonchev–Trinajstić information content (AvgIpc) is 1.59. The summed E-state index contributed by atoms with van der Waals surface area (Å²) in [7, 11) is 0. The number of aromatic nitrogens is 12. The summed E-state index contributed by atoms with van der Waals surface area (Å²) in [6.45, 7) is 12.4. The number of benzene rings is 1. The molecule has 16 unspecified atom stereocenters. The summed E-state index contributed by atoms with van der Waals surface area (Å²) in [5.74, 6) is -5.51. The van der Waals surface area contributed by atoms with Crippen molar-refractivity contribution in [2.45, 2.75) is 274 Å². The fourth-order valence-electron chi connectivity index (χ4n) is 15.3. The Kier molecular flexibility index (Phi) is 35.4. The van der Waals surface area contributed by atoms with Gasteiger partial charge in [0, 0.05) is 31.4 Å². The van der Waals surface area contributed by atoms with Crippen LogP contribution in [0.3, 0.4) is 0 Å². The second-order valence-electron chi connectivity index (χ2n) is 33.6. The highest BCUT2D eigenvalue weighted by molar-refractivity contribution is 6.11. The van der Waals surface area contributed by atoms with Gasteiger partial charge in [0.1, 0.15) is 187 Å². The number of nitrogens with zero attached hydrogens (tertiary/aromatic N) is 12. The predicted octanol–water partition coefficient (Wildman–Crippen LogP) is 0.121. The number of rotatable bonds is 40. The van der Waals surface area contributed by atoms with E-state index in [1.54, 1.807) is 41.5 Å². The smallest absolute Gasteiger partial charge is 0.323 e. The van der Waals surface area contributed by atoms with Crippen molar-refractivity contribution in [3.63, 3.8) is 0 Å². The molecule has 744 valence electrons. The minimum atomic E-state index is -2.35. The summed E-state index contributed by atoms with van der Waals surface area (Å²) in [6.07, 6.45) is -4.85. The summed E-state index contributed by atoms with van der Waals surface area (Å²) in [5.41, 5.74) is 63.2. The Morgan fingerprint density at radius 2 is 0.684 bits per heavy atom. The third-order valence-corrected chi connectivity index (χ3v) is 22.7. The van der Waals surface area contributed by atoms with E-state index in [1.165, 1.54) is 90.2 Å². The van der Waals surface area contributed by atoms with Crippen molar-refractivity contribution in [2.24, 2.45) is 46.1 Å². The van der Waals surface area contributed by atoms with Gasteiger partial charge < -0.3 is 165 Å². The lowest BCUT2D eigenvalue weighted by atomic mass is 10.0. The number of anilines is 4. The summed E-state index contributed by atoms with van der Waals surface area (Å²) in [5, 5.41) is 84.9. The summed E-state index contributed by atoms with van der Waals surface area (Å²) < 4.78 is 87.7. The first-order valence-corrected chi connectivity index (χ1v) is 44.5. The second kappa shape index (κ2) is 48.2. The van der Waals surface area contributed by atoms with E-state index >= 15 is 0 Å². The van der Waals surface area contributed by atoms with Crippen molar-refractivity contribution < 1.29 is 127 Å².